The number of benzene rings is 1. The summed E-state index contributed by atoms with van der Waals surface area (Å²) in [7, 11) is 1.90. The summed E-state index contributed by atoms with van der Waals surface area (Å²) in [5, 5.41) is 3.11. The van der Waals surface area contributed by atoms with Crippen molar-refractivity contribution in [1.82, 2.24) is 5.32 Å². The summed E-state index contributed by atoms with van der Waals surface area (Å²) in [6.45, 7) is 9.15. The van der Waals surface area contributed by atoms with Crippen molar-refractivity contribution < 1.29 is 4.79 Å². The van der Waals surface area contributed by atoms with Gasteiger partial charge >= 0.3 is 0 Å². The van der Waals surface area contributed by atoms with E-state index in [4.69, 9.17) is 0 Å². The van der Waals surface area contributed by atoms with Gasteiger partial charge in [0.25, 0.3) is 0 Å². The highest BCUT2D eigenvalue weighted by Crippen LogP contribution is 2.21. The number of rotatable bonds is 6. The van der Waals surface area contributed by atoms with Gasteiger partial charge in [-0.05, 0) is 43.5 Å². The molecule has 1 aromatic carbocycles. The highest BCUT2D eigenvalue weighted by Gasteiger charge is 2.19. The average Bonchev–Trinajstić information content (AvgIpc) is 2.35. The molecule has 0 amide bonds. The van der Waals surface area contributed by atoms with Crippen LogP contribution in [-0.4, -0.2) is 19.4 Å². The molecule has 0 fully saturated rings. The standard InChI is InChI=1S/C16H25NO/c1-6-13(10-17-5)16(18)15-9-14(11(2)3)8-7-12(15)4/h7-9,11,13,17H,6,10H2,1-5H3. The summed E-state index contributed by atoms with van der Waals surface area (Å²) in [5.74, 6) is 0.810. The Morgan fingerprint density at radius 3 is 2.50 bits per heavy atom. The van der Waals surface area contributed by atoms with Gasteiger partial charge < -0.3 is 5.32 Å². The molecule has 2 nitrogen and oxygen atoms in total. The maximum Gasteiger partial charge on any atom is 0.167 e. The van der Waals surface area contributed by atoms with Crippen LogP contribution in [0.5, 0.6) is 0 Å². The molecule has 0 spiro atoms. The zero-order valence-electron chi connectivity index (χ0n) is 12.2. The third kappa shape index (κ3) is 3.42. The highest BCUT2D eigenvalue weighted by molar-refractivity contribution is 5.99. The van der Waals surface area contributed by atoms with Crippen LogP contribution in [0.15, 0.2) is 18.2 Å². The maximum atomic E-state index is 12.5. The molecule has 0 aromatic heterocycles. The predicted molar refractivity (Wildman–Crippen MR) is 77.3 cm³/mol. The zero-order chi connectivity index (χ0) is 13.7. The van der Waals surface area contributed by atoms with Crippen molar-refractivity contribution >= 4 is 5.78 Å². The fraction of sp³-hybridized carbons (Fsp3) is 0.562. The van der Waals surface area contributed by atoms with E-state index < -0.39 is 0 Å². The van der Waals surface area contributed by atoms with Crippen molar-refractivity contribution in [3.8, 4) is 0 Å². The number of carbonyl (C=O) groups excluding carboxylic acids is 1. The second-order valence-electron chi connectivity index (χ2n) is 5.26. The van der Waals surface area contributed by atoms with Crippen molar-refractivity contribution in [3.05, 3.63) is 34.9 Å². The smallest absolute Gasteiger partial charge is 0.167 e. The first-order chi connectivity index (χ1) is 8.51. The summed E-state index contributed by atoms with van der Waals surface area (Å²) in [5.41, 5.74) is 3.21. The molecule has 1 rings (SSSR count). The minimum absolute atomic E-state index is 0.0797. The molecular formula is C16H25NO. The number of carbonyl (C=O) groups is 1. The molecule has 0 heterocycles. The molecule has 100 valence electrons. The number of nitrogens with one attached hydrogen (secondary N) is 1. The van der Waals surface area contributed by atoms with E-state index in [1.54, 1.807) is 0 Å². The molecule has 1 aromatic rings. The van der Waals surface area contributed by atoms with E-state index in [0.29, 0.717) is 5.92 Å². The lowest BCUT2D eigenvalue weighted by atomic mass is 9.89. The van der Waals surface area contributed by atoms with Gasteiger partial charge in [-0.2, -0.15) is 0 Å². The van der Waals surface area contributed by atoms with Gasteiger partial charge in [-0.15, -0.1) is 0 Å². The lowest BCUT2D eigenvalue weighted by Gasteiger charge is -2.16. The number of ketones is 1. The molecule has 0 bridgehead atoms. The lowest BCUT2D eigenvalue weighted by molar-refractivity contribution is 0.0916. The molecule has 0 saturated carbocycles. The van der Waals surface area contributed by atoms with Crippen LogP contribution in [0.25, 0.3) is 0 Å². The van der Waals surface area contributed by atoms with Gasteiger partial charge in [0.2, 0.25) is 0 Å². The van der Waals surface area contributed by atoms with Gasteiger partial charge in [0, 0.05) is 18.0 Å². The van der Waals surface area contributed by atoms with Crippen molar-refractivity contribution in [2.75, 3.05) is 13.6 Å². The first-order valence-electron chi connectivity index (χ1n) is 6.80. The Morgan fingerprint density at radius 1 is 1.33 bits per heavy atom. The molecule has 0 radical (unpaired) electrons. The Hall–Kier alpha value is -1.15. The minimum Gasteiger partial charge on any atom is -0.319 e. The van der Waals surface area contributed by atoms with E-state index in [1.165, 1.54) is 5.56 Å². The van der Waals surface area contributed by atoms with Crippen LogP contribution in [0, 0.1) is 12.8 Å². The molecule has 1 unspecified atom stereocenters. The van der Waals surface area contributed by atoms with Crippen molar-refractivity contribution in [2.24, 2.45) is 5.92 Å². The maximum absolute atomic E-state index is 12.5. The van der Waals surface area contributed by atoms with E-state index in [1.807, 2.05) is 14.0 Å². The van der Waals surface area contributed by atoms with E-state index in [-0.39, 0.29) is 11.7 Å². The van der Waals surface area contributed by atoms with Crippen LogP contribution in [0.2, 0.25) is 0 Å². The van der Waals surface area contributed by atoms with E-state index >= 15 is 0 Å². The quantitative estimate of drug-likeness (QED) is 0.779. The van der Waals surface area contributed by atoms with Crippen molar-refractivity contribution in [1.29, 1.82) is 0 Å². The number of aryl methyl sites for hydroxylation is 1. The molecular weight excluding hydrogens is 222 g/mol. The second-order valence-corrected chi connectivity index (χ2v) is 5.26. The molecule has 0 aliphatic rings. The Labute approximate surface area is 111 Å². The Kier molecular flexibility index (Phi) is 5.54. The van der Waals surface area contributed by atoms with Crippen LogP contribution in [0.3, 0.4) is 0 Å². The van der Waals surface area contributed by atoms with E-state index in [2.05, 4.69) is 44.3 Å². The van der Waals surface area contributed by atoms with Gasteiger partial charge in [0.15, 0.2) is 5.78 Å². The SMILES string of the molecule is CCC(CNC)C(=O)c1cc(C(C)C)ccc1C. The van der Waals surface area contributed by atoms with E-state index in [9.17, 15) is 4.79 Å². The third-order valence-corrected chi connectivity index (χ3v) is 3.51. The van der Waals surface area contributed by atoms with Crippen LogP contribution >= 0.6 is 0 Å². The summed E-state index contributed by atoms with van der Waals surface area (Å²) < 4.78 is 0. The van der Waals surface area contributed by atoms with Gasteiger partial charge in [-0.25, -0.2) is 0 Å². The second kappa shape index (κ2) is 6.69. The zero-order valence-corrected chi connectivity index (χ0v) is 12.2. The Balaban J connectivity index is 3.06. The topological polar surface area (TPSA) is 29.1 Å². The van der Waals surface area contributed by atoms with Crippen LogP contribution < -0.4 is 5.32 Å². The third-order valence-electron chi connectivity index (χ3n) is 3.51. The molecule has 1 N–H and O–H groups in total. The summed E-state index contributed by atoms with van der Waals surface area (Å²) in [6, 6.07) is 6.26. The molecule has 0 aliphatic heterocycles. The fourth-order valence-electron chi connectivity index (χ4n) is 2.15. The number of hydrogen-bond acceptors (Lipinski definition) is 2. The van der Waals surface area contributed by atoms with Crippen molar-refractivity contribution in [2.45, 2.75) is 40.0 Å². The number of Topliss-reactive ketones (excluding diaryl/α,β-unsaturated/α-hetero) is 1. The van der Waals surface area contributed by atoms with Gasteiger partial charge in [-0.1, -0.05) is 32.9 Å². The number of hydrogen-bond donors (Lipinski definition) is 1. The van der Waals surface area contributed by atoms with Gasteiger partial charge in [0.05, 0.1) is 0 Å². The fourth-order valence-corrected chi connectivity index (χ4v) is 2.15. The largest absolute Gasteiger partial charge is 0.319 e. The molecule has 0 saturated heterocycles. The summed E-state index contributed by atoms with van der Waals surface area (Å²) in [6.07, 6.45) is 0.880. The first-order valence-corrected chi connectivity index (χ1v) is 6.80. The highest BCUT2D eigenvalue weighted by atomic mass is 16.1. The van der Waals surface area contributed by atoms with Gasteiger partial charge in [0.1, 0.15) is 0 Å². The molecule has 2 heteroatoms. The monoisotopic (exact) mass is 247 g/mol. The van der Waals surface area contributed by atoms with Crippen molar-refractivity contribution in [3.63, 3.8) is 0 Å². The molecule has 0 aliphatic carbocycles. The Bertz CT molecular complexity index is 410. The molecule has 18 heavy (non-hydrogen) atoms. The van der Waals surface area contributed by atoms with Crippen LogP contribution in [-0.2, 0) is 0 Å². The first kappa shape index (κ1) is 14.9. The average molecular weight is 247 g/mol. The lowest BCUT2D eigenvalue weighted by Crippen LogP contribution is -2.26. The predicted octanol–water partition coefficient (Wildman–Crippen LogP) is 3.55. The van der Waals surface area contributed by atoms with E-state index in [0.717, 1.165) is 24.1 Å². The molecule has 1 atom stereocenters. The normalized spacial score (nSPS) is 12.8. The van der Waals surface area contributed by atoms with Gasteiger partial charge in [-0.3, -0.25) is 4.79 Å². The Morgan fingerprint density at radius 2 is 2.00 bits per heavy atom. The van der Waals surface area contributed by atoms with Crippen LogP contribution in [0.4, 0.5) is 0 Å². The summed E-state index contributed by atoms with van der Waals surface area (Å²) in [4.78, 5) is 12.5. The summed E-state index contributed by atoms with van der Waals surface area (Å²) >= 11 is 0. The minimum atomic E-state index is 0.0797. The van der Waals surface area contributed by atoms with Crippen LogP contribution in [0.1, 0.15) is 54.6 Å².